The number of unbranched alkanes of at least 4 members (excludes halogenated alkanes) is 2. The number of hydrogen-bond acceptors (Lipinski definition) is 11. The molecular formula is C32H46N2O12. The summed E-state index contributed by atoms with van der Waals surface area (Å²) in [4.78, 5) is 63.1. The molecule has 1 aromatic carbocycles. The molecule has 14 heteroatoms. The maximum atomic E-state index is 12.9. The molecule has 2 heterocycles. The number of nitrogens with one attached hydrogen (secondary N) is 1. The standard InChI is InChI=1S/C32H46N2O12/c1-31(2,3)18-15-22(36)34(27(18)40)13-9-7-8-10-21(35)33-19-14-17(16-44-30(43)32(4,5)6)11-12-20(19)45-29-25(39)23(37)24(38)26(46-29)28(41)42/h11-12,14,18,23-26,29,37-39H,7-10,13,15-16H2,1-6H3,(H,33,35)(H,41,42). The third-order valence-corrected chi connectivity index (χ3v) is 7.93. The molecular weight excluding hydrogens is 604 g/mol. The predicted octanol–water partition coefficient (Wildman–Crippen LogP) is 1.97. The number of amides is 3. The van der Waals surface area contributed by atoms with Crippen LogP contribution in [0, 0.1) is 16.7 Å². The van der Waals surface area contributed by atoms with Crippen LogP contribution in [-0.2, 0) is 40.1 Å². The molecule has 0 aromatic heterocycles. The Morgan fingerprint density at radius 1 is 0.978 bits per heavy atom. The zero-order valence-electron chi connectivity index (χ0n) is 27.1. The summed E-state index contributed by atoms with van der Waals surface area (Å²) in [6, 6.07) is 4.41. The third-order valence-electron chi connectivity index (χ3n) is 7.93. The van der Waals surface area contributed by atoms with Crippen LogP contribution in [0.3, 0.4) is 0 Å². The molecule has 0 aliphatic carbocycles. The van der Waals surface area contributed by atoms with E-state index in [1.54, 1.807) is 20.8 Å². The Bertz CT molecular complexity index is 1300. The number of aliphatic hydroxyl groups excluding tert-OH is 3. The van der Waals surface area contributed by atoms with Crippen molar-refractivity contribution in [3.8, 4) is 5.75 Å². The van der Waals surface area contributed by atoms with E-state index in [4.69, 9.17) is 14.2 Å². The lowest BCUT2D eigenvalue weighted by molar-refractivity contribution is -0.271. The maximum Gasteiger partial charge on any atom is 0.335 e. The van der Waals surface area contributed by atoms with E-state index in [2.05, 4.69) is 5.32 Å². The van der Waals surface area contributed by atoms with Gasteiger partial charge in [0.15, 0.2) is 6.10 Å². The van der Waals surface area contributed by atoms with Crippen molar-refractivity contribution in [3.63, 3.8) is 0 Å². The van der Waals surface area contributed by atoms with Crippen molar-refractivity contribution < 1.29 is 58.6 Å². The van der Waals surface area contributed by atoms with Gasteiger partial charge in [-0.25, -0.2) is 4.79 Å². The molecule has 5 N–H and O–H groups in total. The number of carboxylic acids is 1. The minimum atomic E-state index is -1.91. The fourth-order valence-electron chi connectivity index (χ4n) is 5.05. The average molecular weight is 651 g/mol. The van der Waals surface area contributed by atoms with Crippen LogP contribution in [0.5, 0.6) is 5.75 Å². The van der Waals surface area contributed by atoms with E-state index in [9.17, 15) is 44.4 Å². The largest absolute Gasteiger partial charge is 0.479 e. The van der Waals surface area contributed by atoms with Gasteiger partial charge >= 0.3 is 11.9 Å². The zero-order valence-corrected chi connectivity index (χ0v) is 27.1. The van der Waals surface area contributed by atoms with E-state index >= 15 is 0 Å². The maximum absolute atomic E-state index is 12.9. The van der Waals surface area contributed by atoms with Crippen LogP contribution in [0.2, 0.25) is 0 Å². The Hall–Kier alpha value is -3.59. The van der Waals surface area contributed by atoms with Gasteiger partial charge in [-0.3, -0.25) is 24.1 Å². The molecule has 2 aliphatic rings. The smallest absolute Gasteiger partial charge is 0.335 e. The Labute approximate surface area is 268 Å². The third kappa shape index (κ3) is 9.24. The molecule has 46 heavy (non-hydrogen) atoms. The van der Waals surface area contributed by atoms with Crippen molar-refractivity contribution >= 4 is 35.3 Å². The Kier molecular flexibility index (Phi) is 11.9. The highest BCUT2D eigenvalue weighted by Gasteiger charge is 2.48. The number of rotatable bonds is 12. The summed E-state index contributed by atoms with van der Waals surface area (Å²) in [6.45, 7) is 11.0. The van der Waals surface area contributed by atoms with Crippen LogP contribution >= 0.6 is 0 Å². The number of aliphatic carboxylic acids is 1. The monoisotopic (exact) mass is 650 g/mol. The fraction of sp³-hybridized carbons (Fsp3) is 0.656. The summed E-state index contributed by atoms with van der Waals surface area (Å²) < 4.78 is 16.3. The quantitative estimate of drug-likeness (QED) is 0.125. The van der Waals surface area contributed by atoms with Crippen LogP contribution in [0.15, 0.2) is 18.2 Å². The number of carbonyl (C=O) groups excluding carboxylic acids is 4. The number of carbonyl (C=O) groups is 5. The molecule has 2 aliphatic heterocycles. The van der Waals surface area contributed by atoms with Gasteiger partial charge in [0.25, 0.3) is 0 Å². The number of nitrogens with zero attached hydrogens (tertiary/aromatic N) is 1. The van der Waals surface area contributed by atoms with Crippen molar-refractivity contribution in [1.82, 2.24) is 4.90 Å². The van der Waals surface area contributed by atoms with Crippen LogP contribution in [0.25, 0.3) is 0 Å². The summed E-state index contributed by atoms with van der Waals surface area (Å²) in [5.74, 6) is -3.20. The first-order valence-electron chi connectivity index (χ1n) is 15.3. The fourth-order valence-corrected chi connectivity index (χ4v) is 5.05. The number of likely N-dealkylation sites (tertiary alicyclic amines) is 1. The van der Waals surface area contributed by atoms with Crippen LogP contribution in [-0.4, -0.2) is 92.2 Å². The number of hydrogen-bond donors (Lipinski definition) is 5. The van der Waals surface area contributed by atoms with Gasteiger partial charge in [-0.15, -0.1) is 0 Å². The molecule has 256 valence electrons. The highest BCUT2D eigenvalue weighted by Crippen LogP contribution is 2.36. The summed E-state index contributed by atoms with van der Waals surface area (Å²) in [5.41, 5.74) is -0.477. The van der Waals surface area contributed by atoms with Crippen LogP contribution in [0.1, 0.15) is 79.2 Å². The molecule has 0 spiro atoms. The normalized spacial score (nSPS) is 25.4. The number of anilines is 1. The lowest BCUT2D eigenvalue weighted by Crippen LogP contribution is -2.61. The van der Waals surface area contributed by atoms with Gasteiger partial charge in [-0.1, -0.05) is 33.3 Å². The molecule has 14 nitrogen and oxygen atoms in total. The van der Waals surface area contributed by atoms with Gasteiger partial charge in [0, 0.05) is 19.4 Å². The molecule has 6 unspecified atom stereocenters. The Morgan fingerprint density at radius 3 is 2.24 bits per heavy atom. The molecule has 0 saturated carbocycles. The minimum Gasteiger partial charge on any atom is -0.479 e. The van der Waals surface area contributed by atoms with Crippen molar-refractivity contribution in [3.05, 3.63) is 23.8 Å². The summed E-state index contributed by atoms with van der Waals surface area (Å²) in [5, 5.41) is 42.6. The van der Waals surface area contributed by atoms with E-state index < -0.39 is 54.0 Å². The SMILES string of the molecule is CC(C)(C)C(=O)OCc1ccc(OC2OC(C(=O)O)C(O)C(O)C2O)c(NC(=O)CCCCCN2C(=O)CC(C(C)(C)C)C2=O)c1. The van der Waals surface area contributed by atoms with Crippen molar-refractivity contribution in [2.75, 3.05) is 11.9 Å². The second-order valence-electron chi connectivity index (χ2n) is 13.9. The number of ether oxygens (including phenoxy) is 3. The molecule has 0 radical (unpaired) electrons. The highest BCUT2D eigenvalue weighted by molar-refractivity contribution is 6.03. The number of benzene rings is 1. The topological polar surface area (TPSA) is 209 Å². The van der Waals surface area contributed by atoms with Gasteiger partial charge in [-0.2, -0.15) is 0 Å². The van der Waals surface area contributed by atoms with Crippen LogP contribution < -0.4 is 10.1 Å². The van der Waals surface area contributed by atoms with Crippen LogP contribution in [0.4, 0.5) is 5.69 Å². The molecule has 1 aromatic rings. The number of carboxylic acid groups (broad SMARTS) is 1. The molecule has 6 atom stereocenters. The highest BCUT2D eigenvalue weighted by atomic mass is 16.7. The molecule has 3 rings (SSSR count). The first-order chi connectivity index (χ1) is 21.3. The van der Waals surface area contributed by atoms with Gasteiger partial charge in [-0.05, 0) is 56.7 Å². The molecule has 0 bridgehead atoms. The van der Waals surface area contributed by atoms with E-state index in [0.717, 1.165) is 0 Å². The molecule has 3 amide bonds. The van der Waals surface area contributed by atoms with E-state index in [0.29, 0.717) is 24.8 Å². The second kappa shape index (κ2) is 14.9. The van der Waals surface area contributed by atoms with E-state index in [1.807, 2.05) is 20.8 Å². The molecule has 2 fully saturated rings. The Balaban J connectivity index is 1.66. The van der Waals surface area contributed by atoms with Gasteiger partial charge in [0.2, 0.25) is 24.0 Å². The zero-order chi connectivity index (χ0) is 34.6. The van der Waals surface area contributed by atoms with Gasteiger partial charge < -0.3 is 40.0 Å². The van der Waals surface area contributed by atoms with Crippen molar-refractivity contribution in [2.24, 2.45) is 16.7 Å². The number of imide groups is 1. The first-order valence-corrected chi connectivity index (χ1v) is 15.3. The van der Waals surface area contributed by atoms with E-state index in [1.165, 1.54) is 23.1 Å². The second-order valence-corrected chi connectivity index (χ2v) is 13.9. The number of aliphatic hydroxyl groups is 3. The Morgan fingerprint density at radius 2 is 1.65 bits per heavy atom. The average Bonchev–Trinajstić information content (AvgIpc) is 3.25. The minimum absolute atomic E-state index is 0.0458. The van der Waals surface area contributed by atoms with Crippen molar-refractivity contribution in [2.45, 2.75) is 111 Å². The van der Waals surface area contributed by atoms with Crippen molar-refractivity contribution in [1.29, 1.82) is 0 Å². The summed E-state index contributed by atoms with van der Waals surface area (Å²) in [7, 11) is 0. The lowest BCUT2D eigenvalue weighted by Gasteiger charge is -2.38. The lowest BCUT2D eigenvalue weighted by atomic mass is 9.80. The summed E-state index contributed by atoms with van der Waals surface area (Å²) in [6.07, 6.45) is -7.42. The summed E-state index contributed by atoms with van der Waals surface area (Å²) >= 11 is 0. The predicted molar refractivity (Wildman–Crippen MR) is 162 cm³/mol. The first kappa shape index (κ1) is 36.9. The number of esters is 1. The van der Waals surface area contributed by atoms with Gasteiger partial charge in [0.1, 0.15) is 30.7 Å². The van der Waals surface area contributed by atoms with Gasteiger partial charge in [0.05, 0.1) is 17.0 Å². The van der Waals surface area contributed by atoms with E-state index in [-0.39, 0.29) is 60.6 Å². The molecule has 2 saturated heterocycles.